The molecule has 0 spiro atoms. The number of likely N-dealkylation sites (tertiary alicyclic amines) is 1. The fourth-order valence-corrected chi connectivity index (χ4v) is 3.41. The van der Waals surface area contributed by atoms with Gasteiger partial charge in [-0.05, 0) is 43.0 Å². The molecule has 24 heavy (non-hydrogen) atoms. The third-order valence-corrected chi connectivity index (χ3v) is 4.93. The smallest absolute Gasteiger partial charge is 0.252 e. The zero-order valence-electron chi connectivity index (χ0n) is 13.7. The fourth-order valence-electron chi connectivity index (χ4n) is 3.19. The van der Waals surface area contributed by atoms with Crippen LogP contribution in [0.1, 0.15) is 22.3 Å². The summed E-state index contributed by atoms with van der Waals surface area (Å²) in [5.74, 6) is 0.440. The van der Waals surface area contributed by atoms with Gasteiger partial charge >= 0.3 is 0 Å². The Morgan fingerprint density at radius 2 is 1.88 bits per heavy atom. The van der Waals surface area contributed by atoms with Gasteiger partial charge in [0.25, 0.3) is 5.91 Å². The molecule has 1 aliphatic rings. The summed E-state index contributed by atoms with van der Waals surface area (Å²) in [5.41, 5.74) is 1.94. The van der Waals surface area contributed by atoms with Crippen molar-refractivity contribution in [3.63, 3.8) is 0 Å². The maximum absolute atomic E-state index is 12.2. The molecule has 4 heteroatoms. The molecule has 0 bridgehead atoms. The van der Waals surface area contributed by atoms with Gasteiger partial charge in [0.1, 0.15) is 0 Å². The second kappa shape index (κ2) is 8.32. The van der Waals surface area contributed by atoms with Crippen molar-refractivity contribution in [2.75, 3.05) is 26.2 Å². The van der Waals surface area contributed by atoms with Crippen molar-refractivity contribution < 1.29 is 4.79 Å². The van der Waals surface area contributed by atoms with Gasteiger partial charge < -0.3 is 10.2 Å². The molecule has 3 rings (SSSR count). The summed E-state index contributed by atoms with van der Waals surface area (Å²) >= 11 is 6.07. The van der Waals surface area contributed by atoms with Crippen molar-refractivity contribution >= 4 is 17.5 Å². The van der Waals surface area contributed by atoms with Crippen molar-refractivity contribution in [1.82, 2.24) is 10.2 Å². The molecule has 3 nitrogen and oxygen atoms in total. The van der Waals surface area contributed by atoms with Gasteiger partial charge in [0.05, 0.1) is 10.6 Å². The standard InChI is InChI=1S/C20H23ClN2O/c21-19-9-5-4-8-18(19)20(24)22-14-17-11-13-23(15-17)12-10-16-6-2-1-3-7-16/h1-9,17H,10-15H2,(H,22,24). The molecule has 1 heterocycles. The summed E-state index contributed by atoms with van der Waals surface area (Å²) in [7, 11) is 0. The molecule has 1 atom stereocenters. The van der Waals surface area contributed by atoms with E-state index in [4.69, 9.17) is 11.6 Å². The summed E-state index contributed by atoms with van der Waals surface area (Å²) < 4.78 is 0. The number of benzene rings is 2. The Kier molecular flexibility index (Phi) is 5.89. The lowest BCUT2D eigenvalue weighted by Crippen LogP contribution is -2.31. The maximum atomic E-state index is 12.2. The highest BCUT2D eigenvalue weighted by molar-refractivity contribution is 6.33. The van der Waals surface area contributed by atoms with Crippen LogP contribution in [0, 0.1) is 5.92 Å². The van der Waals surface area contributed by atoms with E-state index in [-0.39, 0.29) is 5.91 Å². The number of nitrogens with zero attached hydrogens (tertiary/aromatic N) is 1. The molecule has 2 aromatic rings. The zero-order chi connectivity index (χ0) is 16.8. The van der Waals surface area contributed by atoms with Crippen molar-refractivity contribution in [3.05, 3.63) is 70.7 Å². The first-order chi connectivity index (χ1) is 11.7. The first-order valence-electron chi connectivity index (χ1n) is 8.51. The molecule has 0 aromatic heterocycles. The van der Waals surface area contributed by atoms with Crippen LogP contribution < -0.4 is 5.32 Å². The number of rotatable bonds is 6. The van der Waals surface area contributed by atoms with Crippen LogP contribution in [0.2, 0.25) is 5.02 Å². The number of nitrogens with one attached hydrogen (secondary N) is 1. The first-order valence-corrected chi connectivity index (χ1v) is 8.89. The molecular weight excluding hydrogens is 320 g/mol. The lowest BCUT2D eigenvalue weighted by Gasteiger charge is -2.16. The van der Waals surface area contributed by atoms with E-state index in [9.17, 15) is 4.79 Å². The van der Waals surface area contributed by atoms with E-state index in [0.717, 1.165) is 32.5 Å². The lowest BCUT2D eigenvalue weighted by molar-refractivity contribution is 0.0947. The molecular formula is C20H23ClN2O. The highest BCUT2D eigenvalue weighted by Gasteiger charge is 2.22. The van der Waals surface area contributed by atoms with E-state index in [1.165, 1.54) is 5.56 Å². The van der Waals surface area contributed by atoms with Crippen LogP contribution in [-0.2, 0) is 6.42 Å². The molecule has 0 saturated carbocycles. The molecule has 1 unspecified atom stereocenters. The van der Waals surface area contributed by atoms with Gasteiger partial charge in [-0.25, -0.2) is 0 Å². The Hall–Kier alpha value is -1.84. The molecule has 126 valence electrons. The topological polar surface area (TPSA) is 32.3 Å². The van der Waals surface area contributed by atoms with Crippen molar-refractivity contribution in [2.24, 2.45) is 5.92 Å². The van der Waals surface area contributed by atoms with Crippen LogP contribution in [0.25, 0.3) is 0 Å². The van der Waals surface area contributed by atoms with Gasteiger partial charge in [-0.2, -0.15) is 0 Å². The maximum Gasteiger partial charge on any atom is 0.252 e. The predicted molar refractivity (Wildman–Crippen MR) is 98.5 cm³/mol. The largest absolute Gasteiger partial charge is 0.352 e. The third kappa shape index (κ3) is 4.59. The summed E-state index contributed by atoms with van der Waals surface area (Å²) in [6.45, 7) is 3.96. The van der Waals surface area contributed by atoms with Crippen LogP contribution in [-0.4, -0.2) is 37.0 Å². The quantitative estimate of drug-likeness (QED) is 0.869. The fraction of sp³-hybridized carbons (Fsp3) is 0.350. The molecule has 0 radical (unpaired) electrons. The number of amides is 1. The molecule has 1 amide bonds. The van der Waals surface area contributed by atoms with Crippen LogP contribution >= 0.6 is 11.6 Å². The number of halogens is 1. The summed E-state index contributed by atoms with van der Waals surface area (Å²) in [5, 5.41) is 3.53. The van der Waals surface area contributed by atoms with Crippen molar-refractivity contribution in [2.45, 2.75) is 12.8 Å². The van der Waals surface area contributed by atoms with E-state index in [2.05, 4.69) is 40.5 Å². The van der Waals surface area contributed by atoms with Crippen LogP contribution in [0.4, 0.5) is 0 Å². The highest BCUT2D eigenvalue weighted by Crippen LogP contribution is 2.18. The Balaban J connectivity index is 1.42. The van der Waals surface area contributed by atoms with Gasteiger partial charge in [-0.3, -0.25) is 4.79 Å². The Morgan fingerprint density at radius 1 is 1.12 bits per heavy atom. The molecule has 2 aromatic carbocycles. The van der Waals surface area contributed by atoms with Crippen LogP contribution in [0.15, 0.2) is 54.6 Å². The summed E-state index contributed by atoms with van der Waals surface area (Å²) in [4.78, 5) is 14.7. The predicted octanol–water partition coefficient (Wildman–Crippen LogP) is 3.63. The average molecular weight is 343 g/mol. The molecule has 1 saturated heterocycles. The number of carbonyl (C=O) groups excluding carboxylic acids is 1. The minimum Gasteiger partial charge on any atom is -0.352 e. The molecule has 1 fully saturated rings. The first kappa shape index (κ1) is 17.0. The molecule has 0 aliphatic carbocycles. The molecule has 1 N–H and O–H groups in total. The monoisotopic (exact) mass is 342 g/mol. The minimum atomic E-state index is -0.0802. The van der Waals surface area contributed by atoms with E-state index in [0.29, 0.717) is 23.0 Å². The Labute approximate surface area is 148 Å². The highest BCUT2D eigenvalue weighted by atomic mass is 35.5. The second-order valence-corrected chi connectivity index (χ2v) is 6.79. The van der Waals surface area contributed by atoms with Crippen molar-refractivity contribution in [3.8, 4) is 0 Å². The van der Waals surface area contributed by atoms with Crippen LogP contribution in [0.3, 0.4) is 0 Å². The second-order valence-electron chi connectivity index (χ2n) is 6.38. The molecule has 1 aliphatic heterocycles. The normalized spacial score (nSPS) is 17.8. The SMILES string of the molecule is O=C(NCC1CCN(CCc2ccccc2)C1)c1ccccc1Cl. The Bertz CT molecular complexity index is 674. The van der Waals surface area contributed by atoms with Gasteiger partial charge in [-0.1, -0.05) is 54.1 Å². The van der Waals surface area contributed by atoms with Gasteiger partial charge in [-0.15, -0.1) is 0 Å². The van der Waals surface area contributed by atoms with Crippen LogP contribution in [0.5, 0.6) is 0 Å². The number of hydrogen-bond donors (Lipinski definition) is 1. The van der Waals surface area contributed by atoms with Gasteiger partial charge in [0, 0.05) is 19.6 Å². The van der Waals surface area contributed by atoms with E-state index < -0.39 is 0 Å². The number of hydrogen-bond acceptors (Lipinski definition) is 2. The van der Waals surface area contributed by atoms with Gasteiger partial charge in [0.15, 0.2) is 0 Å². The average Bonchev–Trinajstić information content (AvgIpc) is 3.07. The van der Waals surface area contributed by atoms with Gasteiger partial charge in [0.2, 0.25) is 0 Å². The lowest BCUT2D eigenvalue weighted by atomic mass is 10.1. The third-order valence-electron chi connectivity index (χ3n) is 4.60. The number of carbonyl (C=O) groups is 1. The van der Waals surface area contributed by atoms with E-state index in [1.54, 1.807) is 12.1 Å². The minimum absolute atomic E-state index is 0.0802. The summed E-state index contributed by atoms with van der Waals surface area (Å²) in [6, 6.07) is 17.8. The van der Waals surface area contributed by atoms with E-state index >= 15 is 0 Å². The Morgan fingerprint density at radius 3 is 2.67 bits per heavy atom. The zero-order valence-corrected chi connectivity index (χ0v) is 14.5. The van der Waals surface area contributed by atoms with E-state index in [1.807, 2.05) is 12.1 Å². The summed E-state index contributed by atoms with van der Waals surface area (Å²) in [6.07, 6.45) is 2.22. The van der Waals surface area contributed by atoms with Crippen molar-refractivity contribution in [1.29, 1.82) is 0 Å².